The Morgan fingerprint density at radius 1 is 1.50 bits per heavy atom. The molecule has 1 fully saturated rings. The van der Waals surface area contributed by atoms with Crippen LogP contribution in [-0.4, -0.2) is 34.0 Å². The van der Waals surface area contributed by atoms with Crippen molar-refractivity contribution >= 4 is 63.1 Å². The second-order valence-corrected chi connectivity index (χ2v) is 6.09. The number of rotatable bonds is 2. The third-order valence-corrected chi connectivity index (χ3v) is 4.47. The first kappa shape index (κ1) is 15.5. The van der Waals surface area contributed by atoms with Crippen LogP contribution in [-0.2, 0) is 0 Å². The predicted molar refractivity (Wildman–Crippen MR) is 93.0 cm³/mol. The molecule has 1 aromatic carbocycles. The van der Waals surface area contributed by atoms with E-state index in [1.54, 1.807) is 30.0 Å². The van der Waals surface area contributed by atoms with Crippen molar-refractivity contribution in [1.82, 2.24) is 4.90 Å². The summed E-state index contributed by atoms with van der Waals surface area (Å²) in [6, 6.07) is 5.29. The highest BCUT2D eigenvalue weighted by Gasteiger charge is 2.23. The van der Waals surface area contributed by atoms with E-state index in [1.165, 1.54) is 0 Å². The molecule has 0 atom stereocenters. The summed E-state index contributed by atoms with van der Waals surface area (Å²) >= 11 is 19.2. The predicted octanol–water partition coefficient (Wildman–Crippen LogP) is 3.73. The molecule has 1 aliphatic rings. The summed E-state index contributed by atoms with van der Waals surface area (Å²) in [5.41, 5.74) is 0.606. The largest absolute Gasteiger partial charge is 0.330 e. The third-order valence-electron chi connectivity index (χ3n) is 2.52. The first-order valence-electron chi connectivity index (χ1n) is 5.76. The molecule has 2 rings (SSSR count). The summed E-state index contributed by atoms with van der Waals surface area (Å²) in [6.07, 6.45) is 5.22. The SMILES string of the molecule is C#CCN=C1SCCN1C(=S)Nc1c(Cl)cccc1Cl. The van der Waals surface area contributed by atoms with E-state index < -0.39 is 0 Å². The Balaban J connectivity index is 2.14. The van der Waals surface area contributed by atoms with E-state index >= 15 is 0 Å². The molecule has 0 radical (unpaired) electrons. The van der Waals surface area contributed by atoms with Crippen molar-refractivity contribution < 1.29 is 0 Å². The van der Waals surface area contributed by atoms with Gasteiger partial charge in [0.15, 0.2) is 10.3 Å². The minimum Gasteiger partial charge on any atom is -0.330 e. The van der Waals surface area contributed by atoms with Crippen LogP contribution in [0.1, 0.15) is 0 Å². The number of para-hydroxylation sites is 1. The fourth-order valence-corrected chi connectivity index (χ4v) is 3.41. The van der Waals surface area contributed by atoms with Crippen LogP contribution in [0.2, 0.25) is 10.0 Å². The maximum Gasteiger partial charge on any atom is 0.179 e. The molecule has 0 spiro atoms. The fourth-order valence-electron chi connectivity index (χ4n) is 1.63. The molecule has 1 N–H and O–H groups in total. The lowest BCUT2D eigenvalue weighted by Gasteiger charge is -2.20. The van der Waals surface area contributed by atoms with Crippen molar-refractivity contribution in [2.24, 2.45) is 4.99 Å². The molecule has 1 saturated heterocycles. The fraction of sp³-hybridized carbons (Fsp3) is 0.231. The van der Waals surface area contributed by atoms with Crippen LogP contribution in [0.4, 0.5) is 5.69 Å². The zero-order valence-corrected chi connectivity index (χ0v) is 13.5. The summed E-state index contributed by atoms with van der Waals surface area (Å²) in [5, 5.41) is 5.46. The molecular formula is C13H11Cl2N3S2. The molecule has 1 aliphatic heterocycles. The van der Waals surface area contributed by atoms with Gasteiger partial charge in [-0.3, -0.25) is 4.90 Å². The smallest absolute Gasteiger partial charge is 0.179 e. The van der Waals surface area contributed by atoms with Gasteiger partial charge in [0, 0.05) is 12.3 Å². The Labute approximate surface area is 137 Å². The van der Waals surface area contributed by atoms with E-state index in [4.69, 9.17) is 41.8 Å². The Kier molecular flexibility index (Phi) is 5.55. The van der Waals surface area contributed by atoms with E-state index in [0.717, 1.165) is 17.5 Å². The first-order chi connectivity index (χ1) is 9.63. The van der Waals surface area contributed by atoms with Crippen LogP contribution in [0.3, 0.4) is 0 Å². The molecule has 3 nitrogen and oxygen atoms in total. The Morgan fingerprint density at radius 2 is 2.20 bits per heavy atom. The highest BCUT2D eigenvalue weighted by Crippen LogP contribution is 2.30. The minimum atomic E-state index is 0.342. The second kappa shape index (κ2) is 7.19. The molecule has 1 heterocycles. The molecule has 0 saturated carbocycles. The molecule has 1 aromatic rings. The van der Waals surface area contributed by atoms with Crippen LogP contribution in [0.5, 0.6) is 0 Å². The van der Waals surface area contributed by atoms with Gasteiger partial charge in [0.05, 0.1) is 15.7 Å². The number of nitrogens with zero attached hydrogens (tertiary/aromatic N) is 2. The average molecular weight is 344 g/mol. The van der Waals surface area contributed by atoms with Crippen LogP contribution in [0, 0.1) is 12.3 Å². The van der Waals surface area contributed by atoms with Crippen molar-refractivity contribution in [3.05, 3.63) is 28.2 Å². The number of benzene rings is 1. The van der Waals surface area contributed by atoms with Crippen LogP contribution in [0.15, 0.2) is 23.2 Å². The number of halogens is 2. The van der Waals surface area contributed by atoms with Crippen molar-refractivity contribution in [1.29, 1.82) is 0 Å². The van der Waals surface area contributed by atoms with Gasteiger partial charge in [-0.05, 0) is 24.4 Å². The van der Waals surface area contributed by atoms with Crippen molar-refractivity contribution in [2.45, 2.75) is 0 Å². The lowest BCUT2D eigenvalue weighted by Crippen LogP contribution is -2.35. The van der Waals surface area contributed by atoms with Crippen LogP contribution >= 0.6 is 47.2 Å². The number of amidine groups is 1. The van der Waals surface area contributed by atoms with Gasteiger partial charge < -0.3 is 5.32 Å². The number of anilines is 1. The summed E-state index contributed by atoms with van der Waals surface area (Å²) < 4.78 is 0. The van der Waals surface area contributed by atoms with E-state index in [2.05, 4.69) is 16.2 Å². The van der Waals surface area contributed by atoms with E-state index in [0.29, 0.717) is 27.4 Å². The minimum absolute atomic E-state index is 0.342. The standard InChI is InChI=1S/C13H11Cl2N3S2/c1-2-6-16-13-18(7-8-20-13)12(19)17-11-9(14)4-3-5-10(11)15/h1,3-5H,6-8H2,(H,17,19). The topological polar surface area (TPSA) is 27.6 Å². The first-order valence-corrected chi connectivity index (χ1v) is 7.91. The monoisotopic (exact) mass is 343 g/mol. The zero-order chi connectivity index (χ0) is 14.5. The maximum atomic E-state index is 6.11. The van der Waals surface area contributed by atoms with Gasteiger partial charge in [-0.1, -0.05) is 47.0 Å². The van der Waals surface area contributed by atoms with E-state index in [1.807, 2.05) is 4.90 Å². The van der Waals surface area contributed by atoms with Gasteiger partial charge in [-0.15, -0.1) is 6.42 Å². The number of aliphatic imine (C=N–C) groups is 1. The van der Waals surface area contributed by atoms with Crippen molar-refractivity contribution in [2.75, 3.05) is 24.2 Å². The molecule has 0 aliphatic carbocycles. The summed E-state index contributed by atoms with van der Waals surface area (Å²) in [4.78, 5) is 6.21. The van der Waals surface area contributed by atoms with E-state index in [9.17, 15) is 0 Å². The van der Waals surface area contributed by atoms with Gasteiger partial charge in [-0.2, -0.15) is 0 Å². The quantitative estimate of drug-likeness (QED) is 0.654. The highest BCUT2D eigenvalue weighted by molar-refractivity contribution is 8.14. The number of hydrogen-bond donors (Lipinski definition) is 1. The Bertz CT molecular complexity index is 576. The van der Waals surface area contributed by atoms with Gasteiger partial charge in [0.25, 0.3) is 0 Å². The lowest BCUT2D eigenvalue weighted by atomic mass is 10.3. The number of terminal acetylenes is 1. The molecule has 104 valence electrons. The zero-order valence-electron chi connectivity index (χ0n) is 10.4. The summed E-state index contributed by atoms with van der Waals surface area (Å²) in [5.74, 6) is 3.41. The van der Waals surface area contributed by atoms with Gasteiger partial charge in [-0.25, -0.2) is 4.99 Å². The number of nitrogens with one attached hydrogen (secondary N) is 1. The van der Waals surface area contributed by atoms with Crippen LogP contribution in [0.25, 0.3) is 0 Å². The van der Waals surface area contributed by atoms with Crippen LogP contribution < -0.4 is 5.32 Å². The molecule has 0 aromatic heterocycles. The third kappa shape index (κ3) is 3.58. The number of thiocarbonyl (C=S) groups is 1. The molecular weight excluding hydrogens is 333 g/mol. The van der Waals surface area contributed by atoms with Crippen molar-refractivity contribution in [3.8, 4) is 12.3 Å². The maximum absolute atomic E-state index is 6.11. The van der Waals surface area contributed by atoms with E-state index in [-0.39, 0.29) is 0 Å². The summed E-state index contributed by atoms with van der Waals surface area (Å²) in [7, 11) is 0. The molecule has 20 heavy (non-hydrogen) atoms. The van der Waals surface area contributed by atoms with Gasteiger partial charge >= 0.3 is 0 Å². The molecule has 0 bridgehead atoms. The van der Waals surface area contributed by atoms with Crippen molar-refractivity contribution in [3.63, 3.8) is 0 Å². The Morgan fingerprint density at radius 3 is 2.85 bits per heavy atom. The molecule has 7 heteroatoms. The number of hydrogen-bond acceptors (Lipinski definition) is 3. The van der Waals surface area contributed by atoms with Gasteiger partial charge in [0.2, 0.25) is 0 Å². The second-order valence-electron chi connectivity index (χ2n) is 3.83. The molecule has 0 unspecified atom stereocenters. The highest BCUT2D eigenvalue weighted by atomic mass is 35.5. The number of thioether (sulfide) groups is 1. The lowest BCUT2D eigenvalue weighted by molar-refractivity contribution is 0.685. The van der Waals surface area contributed by atoms with Gasteiger partial charge in [0.1, 0.15) is 6.54 Å². The molecule has 0 amide bonds. The summed E-state index contributed by atoms with van der Waals surface area (Å²) in [6.45, 7) is 1.12. The normalized spacial score (nSPS) is 16.2. The average Bonchev–Trinajstić information content (AvgIpc) is 2.89. The Hall–Kier alpha value is -0.930.